The minimum absolute atomic E-state index is 0.0403. The first-order valence-corrected chi connectivity index (χ1v) is 10.2. The van der Waals surface area contributed by atoms with E-state index in [1.165, 1.54) is 38.4 Å². The van der Waals surface area contributed by atoms with E-state index in [-0.39, 0.29) is 10.5 Å². The second kappa shape index (κ2) is 9.17. The number of nitrogens with one attached hydrogen (secondary N) is 1. The molecular weight excluding hydrogens is 396 g/mol. The first-order chi connectivity index (χ1) is 13.6. The average Bonchev–Trinajstić information content (AvgIpc) is 2.68. The predicted molar refractivity (Wildman–Crippen MR) is 108 cm³/mol. The van der Waals surface area contributed by atoms with Crippen LogP contribution in [0.15, 0.2) is 41.3 Å². The summed E-state index contributed by atoms with van der Waals surface area (Å²) in [5.74, 6) is -1.20. The first kappa shape index (κ1) is 22.5. The Bertz CT molecular complexity index is 993. The van der Waals surface area contributed by atoms with Crippen LogP contribution < -0.4 is 5.32 Å². The number of carbonyl (C=O) groups is 2. The molecule has 0 aromatic heterocycles. The number of carbonyl (C=O) groups excluding carboxylic acids is 2. The zero-order chi connectivity index (χ0) is 21.8. The monoisotopic (exact) mass is 420 g/mol. The number of nitrogens with zero attached hydrogens (tertiary/aromatic N) is 1. The van der Waals surface area contributed by atoms with Gasteiger partial charge in [-0.15, -0.1) is 0 Å². The second-order valence-electron chi connectivity index (χ2n) is 6.52. The molecule has 0 spiro atoms. The normalized spacial score (nSPS) is 11.4. The average molecular weight is 420 g/mol. The largest absolute Gasteiger partial charge is 0.452 e. The zero-order valence-electron chi connectivity index (χ0n) is 17.0. The fourth-order valence-corrected chi connectivity index (χ4v) is 3.75. The van der Waals surface area contributed by atoms with Crippen molar-refractivity contribution in [3.05, 3.63) is 58.7 Å². The van der Waals surface area contributed by atoms with Gasteiger partial charge in [0.15, 0.2) is 6.61 Å². The van der Waals surface area contributed by atoms with Crippen LogP contribution in [0.2, 0.25) is 0 Å². The van der Waals surface area contributed by atoms with Crippen LogP contribution in [0.5, 0.6) is 0 Å². The number of benzene rings is 2. The van der Waals surface area contributed by atoms with E-state index in [1.807, 2.05) is 32.9 Å². The first-order valence-electron chi connectivity index (χ1n) is 8.74. The van der Waals surface area contributed by atoms with E-state index in [9.17, 15) is 18.0 Å². The lowest BCUT2D eigenvalue weighted by atomic mass is 10.1. The Balaban J connectivity index is 2.00. The Morgan fingerprint density at radius 2 is 1.59 bits per heavy atom. The molecule has 9 heteroatoms. The van der Waals surface area contributed by atoms with Crippen molar-refractivity contribution >= 4 is 27.6 Å². The van der Waals surface area contributed by atoms with Gasteiger partial charge in [0.1, 0.15) is 0 Å². The molecular formula is C20H24N2O6S. The number of sulfonamides is 1. The molecule has 0 saturated carbocycles. The number of esters is 1. The van der Waals surface area contributed by atoms with Gasteiger partial charge in [0, 0.05) is 12.7 Å². The molecule has 1 N–H and O–H groups in total. The maximum absolute atomic E-state index is 12.1. The van der Waals surface area contributed by atoms with Crippen molar-refractivity contribution in [3.8, 4) is 0 Å². The Morgan fingerprint density at radius 1 is 1.03 bits per heavy atom. The van der Waals surface area contributed by atoms with Crippen LogP contribution >= 0.6 is 0 Å². The summed E-state index contributed by atoms with van der Waals surface area (Å²) in [4.78, 5) is 28.9. The summed E-state index contributed by atoms with van der Waals surface area (Å²) in [6.45, 7) is 5.28. The Morgan fingerprint density at radius 3 is 2.10 bits per heavy atom. The highest BCUT2D eigenvalue weighted by molar-refractivity contribution is 7.89. The molecule has 2 aromatic carbocycles. The Hall–Kier alpha value is -2.75. The summed E-state index contributed by atoms with van der Waals surface area (Å²) in [6.07, 6.45) is 0. The third-order valence-corrected chi connectivity index (χ3v) is 5.95. The maximum atomic E-state index is 12.1. The lowest BCUT2D eigenvalue weighted by Crippen LogP contribution is -2.25. The lowest BCUT2D eigenvalue weighted by molar-refractivity contribution is -0.119. The summed E-state index contributed by atoms with van der Waals surface area (Å²) in [7, 11) is -1.32. The maximum Gasteiger partial charge on any atom is 0.338 e. The molecule has 29 heavy (non-hydrogen) atoms. The molecule has 0 bridgehead atoms. The third kappa shape index (κ3) is 5.41. The molecule has 156 valence electrons. The summed E-state index contributed by atoms with van der Waals surface area (Å²) >= 11 is 0. The standard InChI is InChI=1S/C20H24N2O6S/c1-13-10-14(2)19(15(3)11-13)21-18(23)12-28-20(24)16-6-8-17(9-7-16)29(25,26)22(4)27-5/h6-11H,12H2,1-5H3,(H,21,23). The number of aryl methyl sites for hydroxylation is 3. The van der Waals surface area contributed by atoms with Gasteiger partial charge in [0.25, 0.3) is 15.9 Å². The minimum atomic E-state index is -3.81. The van der Waals surface area contributed by atoms with E-state index in [1.54, 1.807) is 0 Å². The van der Waals surface area contributed by atoms with Gasteiger partial charge in [-0.1, -0.05) is 22.2 Å². The molecule has 8 nitrogen and oxygen atoms in total. The van der Waals surface area contributed by atoms with Crippen molar-refractivity contribution in [3.63, 3.8) is 0 Å². The van der Waals surface area contributed by atoms with Crippen LogP contribution in [0.3, 0.4) is 0 Å². The molecule has 0 fully saturated rings. The van der Waals surface area contributed by atoms with Crippen LogP contribution in [-0.4, -0.2) is 45.5 Å². The topological polar surface area (TPSA) is 102 Å². The zero-order valence-corrected chi connectivity index (χ0v) is 17.8. The van der Waals surface area contributed by atoms with Gasteiger partial charge in [-0.2, -0.15) is 0 Å². The fourth-order valence-electron chi connectivity index (χ4n) is 2.78. The van der Waals surface area contributed by atoms with Crippen LogP contribution in [0, 0.1) is 20.8 Å². The quantitative estimate of drug-likeness (QED) is 0.546. The number of hydrogen-bond donors (Lipinski definition) is 1. The molecule has 2 rings (SSSR count). The summed E-state index contributed by atoms with van der Waals surface area (Å²) in [5, 5.41) is 2.75. The number of rotatable bonds is 7. The molecule has 1 amide bonds. The predicted octanol–water partition coefficient (Wildman–Crippen LogP) is 2.59. The summed E-state index contributed by atoms with van der Waals surface area (Å²) < 4.78 is 30.0. The van der Waals surface area contributed by atoms with Gasteiger partial charge in [0.05, 0.1) is 17.6 Å². The summed E-state index contributed by atoms with van der Waals surface area (Å²) in [6, 6.07) is 9.05. The molecule has 0 radical (unpaired) electrons. The highest BCUT2D eigenvalue weighted by Gasteiger charge is 2.21. The highest BCUT2D eigenvalue weighted by atomic mass is 32.2. The van der Waals surface area contributed by atoms with E-state index in [2.05, 4.69) is 5.32 Å². The molecule has 0 aliphatic heterocycles. The van der Waals surface area contributed by atoms with Crippen molar-refractivity contribution < 1.29 is 27.6 Å². The minimum Gasteiger partial charge on any atom is -0.452 e. The van der Waals surface area contributed by atoms with Crippen molar-refractivity contribution in [1.82, 2.24) is 4.47 Å². The van der Waals surface area contributed by atoms with Gasteiger partial charge >= 0.3 is 5.97 Å². The van der Waals surface area contributed by atoms with E-state index < -0.39 is 28.5 Å². The molecule has 0 saturated heterocycles. The van der Waals surface area contributed by atoms with Gasteiger partial charge in [0.2, 0.25) is 0 Å². The number of hydroxylamine groups is 1. The van der Waals surface area contributed by atoms with E-state index in [0.29, 0.717) is 10.2 Å². The number of anilines is 1. The highest BCUT2D eigenvalue weighted by Crippen LogP contribution is 2.22. The van der Waals surface area contributed by atoms with Crippen LogP contribution in [-0.2, 0) is 24.4 Å². The van der Waals surface area contributed by atoms with Crippen LogP contribution in [0.25, 0.3) is 0 Å². The van der Waals surface area contributed by atoms with Gasteiger partial charge in [-0.25, -0.2) is 13.2 Å². The van der Waals surface area contributed by atoms with E-state index in [4.69, 9.17) is 9.57 Å². The van der Waals surface area contributed by atoms with Gasteiger partial charge < -0.3 is 10.1 Å². The SMILES string of the molecule is CON(C)S(=O)(=O)c1ccc(C(=O)OCC(=O)Nc2c(C)cc(C)cc2C)cc1. The van der Waals surface area contributed by atoms with Crippen molar-refractivity contribution in [2.75, 3.05) is 26.1 Å². The number of ether oxygens (including phenoxy) is 1. The van der Waals surface area contributed by atoms with E-state index >= 15 is 0 Å². The Kier molecular flexibility index (Phi) is 7.12. The van der Waals surface area contributed by atoms with Gasteiger partial charge in [-0.05, 0) is 56.2 Å². The van der Waals surface area contributed by atoms with Crippen molar-refractivity contribution in [2.45, 2.75) is 25.7 Å². The lowest BCUT2D eigenvalue weighted by Gasteiger charge is -2.14. The molecule has 2 aromatic rings. The van der Waals surface area contributed by atoms with E-state index in [0.717, 1.165) is 16.7 Å². The fraction of sp³-hybridized carbons (Fsp3) is 0.300. The van der Waals surface area contributed by atoms with Crippen LogP contribution in [0.1, 0.15) is 27.0 Å². The van der Waals surface area contributed by atoms with Gasteiger partial charge in [-0.3, -0.25) is 9.63 Å². The van der Waals surface area contributed by atoms with Crippen molar-refractivity contribution in [1.29, 1.82) is 0 Å². The Labute approximate surface area is 170 Å². The number of amides is 1. The third-order valence-electron chi connectivity index (χ3n) is 4.26. The molecule has 0 aliphatic rings. The molecule has 0 heterocycles. The molecule has 0 atom stereocenters. The van der Waals surface area contributed by atoms with Crippen LogP contribution in [0.4, 0.5) is 5.69 Å². The second-order valence-corrected chi connectivity index (χ2v) is 8.46. The molecule has 0 unspecified atom stereocenters. The smallest absolute Gasteiger partial charge is 0.338 e. The van der Waals surface area contributed by atoms with Crippen molar-refractivity contribution in [2.24, 2.45) is 0 Å². The summed E-state index contributed by atoms with van der Waals surface area (Å²) in [5.41, 5.74) is 3.74. The number of hydrogen-bond acceptors (Lipinski definition) is 6. The molecule has 0 aliphatic carbocycles.